The Morgan fingerprint density at radius 3 is 2.88 bits per heavy atom. The molecular weight excluding hydrogens is 228 g/mol. The molecule has 2 N–H and O–H groups in total. The maximum atomic E-state index is 11.3. The van der Waals surface area contributed by atoms with Crippen molar-refractivity contribution in [3.05, 3.63) is 40.1 Å². The molecule has 1 heterocycles. The molecule has 0 unspecified atom stereocenters. The Balaban J connectivity index is 2.67. The van der Waals surface area contributed by atoms with Crippen LogP contribution in [-0.2, 0) is 0 Å². The highest BCUT2D eigenvalue weighted by atomic mass is 16.6. The molecule has 0 aliphatic heterocycles. The van der Waals surface area contributed by atoms with Crippen LogP contribution in [0.4, 0.5) is 5.82 Å². The highest BCUT2D eigenvalue weighted by Crippen LogP contribution is 2.17. The van der Waals surface area contributed by atoms with Crippen LogP contribution >= 0.6 is 0 Å². The van der Waals surface area contributed by atoms with Crippen molar-refractivity contribution >= 4 is 22.8 Å². The maximum absolute atomic E-state index is 11.3. The van der Waals surface area contributed by atoms with Crippen molar-refractivity contribution in [2.75, 3.05) is 0 Å². The Labute approximate surface area is 94.0 Å². The van der Waals surface area contributed by atoms with E-state index in [-0.39, 0.29) is 16.6 Å². The lowest BCUT2D eigenvalue weighted by molar-refractivity contribution is -0.389. The second-order valence-electron chi connectivity index (χ2n) is 3.10. The Morgan fingerprint density at radius 2 is 2.24 bits per heavy atom. The summed E-state index contributed by atoms with van der Waals surface area (Å²) < 4.78 is 0. The number of carbonyl (C=O) groups is 1. The van der Waals surface area contributed by atoms with E-state index < -0.39 is 16.6 Å². The van der Waals surface area contributed by atoms with Crippen LogP contribution in [0, 0.1) is 10.1 Å². The standard InChI is InChI=1S/C9H6N4O4/c14-9(12-15)5-2-1-3-6-8(5)10-4-7(11-6)13(16)17/h1-4,15H,(H,12,14). The molecule has 0 spiro atoms. The minimum absolute atomic E-state index is 0.0902. The Kier molecular flexibility index (Phi) is 2.63. The number of nitrogens with zero attached hydrogens (tertiary/aromatic N) is 3. The summed E-state index contributed by atoms with van der Waals surface area (Å²) in [5, 5.41) is 19.0. The van der Waals surface area contributed by atoms with Gasteiger partial charge in [0.2, 0.25) is 5.52 Å². The number of hydrogen-bond donors (Lipinski definition) is 2. The van der Waals surface area contributed by atoms with Gasteiger partial charge in [0, 0.05) is 0 Å². The molecule has 1 aromatic carbocycles. The van der Waals surface area contributed by atoms with E-state index in [1.807, 2.05) is 0 Å². The summed E-state index contributed by atoms with van der Waals surface area (Å²) in [6, 6.07) is 4.41. The van der Waals surface area contributed by atoms with Gasteiger partial charge in [-0.25, -0.2) is 10.5 Å². The third-order valence-corrected chi connectivity index (χ3v) is 2.09. The maximum Gasteiger partial charge on any atom is 0.382 e. The van der Waals surface area contributed by atoms with E-state index in [0.29, 0.717) is 0 Å². The number of benzene rings is 1. The summed E-state index contributed by atoms with van der Waals surface area (Å²) in [6.45, 7) is 0. The molecule has 86 valence electrons. The van der Waals surface area contributed by atoms with Crippen molar-refractivity contribution in [1.82, 2.24) is 15.4 Å². The topological polar surface area (TPSA) is 118 Å². The van der Waals surface area contributed by atoms with E-state index in [2.05, 4.69) is 9.97 Å². The largest absolute Gasteiger partial charge is 0.382 e. The molecule has 0 saturated carbocycles. The van der Waals surface area contributed by atoms with Crippen molar-refractivity contribution in [2.24, 2.45) is 0 Å². The molecule has 0 radical (unpaired) electrons. The summed E-state index contributed by atoms with van der Waals surface area (Å²) in [5.41, 5.74) is 1.95. The summed E-state index contributed by atoms with van der Waals surface area (Å²) >= 11 is 0. The Morgan fingerprint density at radius 1 is 1.47 bits per heavy atom. The van der Waals surface area contributed by atoms with Gasteiger partial charge in [0.1, 0.15) is 11.7 Å². The Bertz CT molecular complexity index is 613. The van der Waals surface area contributed by atoms with Crippen LogP contribution < -0.4 is 5.48 Å². The van der Waals surface area contributed by atoms with Crippen LogP contribution in [0.2, 0.25) is 0 Å². The third kappa shape index (κ3) is 1.88. The molecule has 8 nitrogen and oxygen atoms in total. The fraction of sp³-hybridized carbons (Fsp3) is 0. The lowest BCUT2D eigenvalue weighted by Gasteiger charge is -2.00. The lowest BCUT2D eigenvalue weighted by atomic mass is 10.1. The number of hydroxylamine groups is 1. The molecule has 17 heavy (non-hydrogen) atoms. The minimum atomic E-state index is -0.751. The predicted octanol–water partition coefficient (Wildman–Crippen LogP) is 0.657. The first-order valence-electron chi connectivity index (χ1n) is 4.48. The predicted molar refractivity (Wildman–Crippen MR) is 55.4 cm³/mol. The van der Waals surface area contributed by atoms with Gasteiger partial charge in [-0.1, -0.05) is 6.07 Å². The van der Waals surface area contributed by atoms with E-state index in [1.54, 1.807) is 0 Å². The zero-order valence-electron chi connectivity index (χ0n) is 8.32. The van der Waals surface area contributed by atoms with Gasteiger partial charge < -0.3 is 10.1 Å². The van der Waals surface area contributed by atoms with Gasteiger partial charge in [0.05, 0.1) is 5.56 Å². The molecule has 2 aromatic rings. The van der Waals surface area contributed by atoms with Crippen LogP contribution in [-0.4, -0.2) is 26.0 Å². The second-order valence-corrected chi connectivity index (χ2v) is 3.10. The highest BCUT2D eigenvalue weighted by molar-refractivity contribution is 6.04. The molecule has 0 aliphatic rings. The first-order valence-corrected chi connectivity index (χ1v) is 4.48. The van der Waals surface area contributed by atoms with Crippen LogP contribution in [0.15, 0.2) is 24.4 Å². The van der Waals surface area contributed by atoms with Gasteiger partial charge in [-0.3, -0.25) is 10.0 Å². The van der Waals surface area contributed by atoms with E-state index in [0.717, 1.165) is 6.20 Å². The van der Waals surface area contributed by atoms with E-state index >= 15 is 0 Å². The molecule has 8 heteroatoms. The number of hydrogen-bond acceptors (Lipinski definition) is 6. The van der Waals surface area contributed by atoms with Gasteiger partial charge in [-0.2, -0.15) is 0 Å². The monoisotopic (exact) mass is 234 g/mol. The first-order chi connectivity index (χ1) is 8.13. The normalized spacial score (nSPS) is 10.2. The fourth-order valence-corrected chi connectivity index (χ4v) is 1.36. The number of nitro groups is 1. The number of aromatic nitrogens is 2. The van der Waals surface area contributed by atoms with Crippen molar-refractivity contribution in [3.8, 4) is 0 Å². The van der Waals surface area contributed by atoms with Crippen LogP contribution in [0.25, 0.3) is 11.0 Å². The molecule has 1 aromatic heterocycles. The molecule has 0 saturated heterocycles. The molecular formula is C9H6N4O4. The molecule has 1 amide bonds. The van der Waals surface area contributed by atoms with Crippen LogP contribution in [0.1, 0.15) is 10.4 Å². The van der Waals surface area contributed by atoms with Gasteiger partial charge >= 0.3 is 5.82 Å². The minimum Gasteiger partial charge on any atom is -0.358 e. The van der Waals surface area contributed by atoms with Gasteiger partial charge in [0.25, 0.3) is 5.91 Å². The summed E-state index contributed by atoms with van der Waals surface area (Å²) in [6.07, 6.45) is 0.955. The zero-order chi connectivity index (χ0) is 12.4. The van der Waals surface area contributed by atoms with E-state index in [9.17, 15) is 14.9 Å². The van der Waals surface area contributed by atoms with E-state index in [4.69, 9.17) is 5.21 Å². The molecule has 0 fully saturated rings. The number of nitrogens with one attached hydrogen (secondary N) is 1. The summed E-state index contributed by atoms with van der Waals surface area (Å²) in [5.74, 6) is -1.15. The van der Waals surface area contributed by atoms with Gasteiger partial charge in [-0.15, -0.1) is 0 Å². The third-order valence-electron chi connectivity index (χ3n) is 2.09. The number of carbonyl (C=O) groups excluding carboxylic acids is 1. The zero-order valence-corrected chi connectivity index (χ0v) is 8.32. The SMILES string of the molecule is O=C(NO)c1cccc2nc([N+](=O)[O-])cnc12. The van der Waals surface area contributed by atoms with Crippen LogP contribution in [0.5, 0.6) is 0 Å². The van der Waals surface area contributed by atoms with Crippen molar-refractivity contribution < 1.29 is 14.9 Å². The average Bonchev–Trinajstić information content (AvgIpc) is 2.36. The van der Waals surface area contributed by atoms with Crippen LogP contribution in [0.3, 0.4) is 0 Å². The molecule has 0 aliphatic carbocycles. The summed E-state index contributed by atoms with van der Waals surface area (Å²) in [7, 11) is 0. The Hall–Kier alpha value is -2.61. The molecule has 0 atom stereocenters. The summed E-state index contributed by atoms with van der Waals surface area (Å²) in [4.78, 5) is 28.6. The van der Waals surface area contributed by atoms with Crippen molar-refractivity contribution in [3.63, 3.8) is 0 Å². The van der Waals surface area contributed by atoms with Crippen molar-refractivity contribution in [2.45, 2.75) is 0 Å². The number of rotatable bonds is 2. The van der Waals surface area contributed by atoms with E-state index in [1.165, 1.54) is 23.7 Å². The first kappa shape index (κ1) is 10.9. The molecule has 2 rings (SSSR count). The average molecular weight is 234 g/mol. The van der Waals surface area contributed by atoms with Crippen molar-refractivity contribution in [1.29, 1.82) is 0 Å². The van der Waals surface area contributed by atoms with Gasteiger partial charge in [0.15, 0.2) is 0 Å². The number of fused-ring (bicyclic) bond motifs is 1. The fourth-order valence-electron chi connectivity index (χ4n) is 1.36. The quantitative estimate of drug-likeness (QED) is 0.447. The van der Waals surface area contributed by atoms with Gasteiger partial charge in [-0.05, 0) is 22.0 Å². The smallest absolute Gasteiger partial charge is 0.358 e. The highest BCUT2D eigenvalue weighted by Gasteiger charge is 2.16. The number of para-hydroxylation sites is 1. The second kappa shape index (κ2) is 4.10. The molecule has 0 bridgehead atoms. The lowest BCUT2D eigenvalue weighted by Crippen LogP contribution is -2.19. The number of amides is 1.